The van der Waals surface area contributed by atoms with E-state index in [1.165, 1.54) is 6.20 Å². The molecular weight excluding hydrogens is 435 g/mol. The molecule has 148 valence electrons. The summed E-state index contributed by atoms with van der Waals surface area (Å²) in [6.07, 6.45) is 1.45. The summed E-state index contributed by atoms with van der Waals surface area (Å²) in [5.41, 5.74) is 1.81. The maximum atomic E-state index is 6.15. The highest BCUT2D eigenvalue weighted by molar-refractivity contribution is 7.51. The summed E-state index contributed by atoms with van der Waals surface area (Å²) < 4.78 is 11.9. The van der Waals surface area contributed by atoms with Gasteiger partial charge in [-0.2, -0.15) is 14.9 Å². The van der Waals surface area contributed by atoms with Gasteiger partial charge >= 0.3 is 0 Å². The number of halogens is 2. The lowest BCUT2D eigenvalue weighted by atomic mass is 10.2. The molecule has 28 heavy (non-hydrogen) atoms. The first-order valence-electron chi connectivity index (χ1n) is 8.12. The van der Waals surface area contributed by atoms with Crippen molar-refractivity contribution >= 4 is 52.8 Å². The average molecular weight is 456 g/mol. The van der Waals surface area contributed by atoms with E-state index in [9.17, 15) is 0 Å². The molecule has 0 bridgehead atoms. The summed E-state index contributed by atoms with van der Waals surface area (Å²) in [6.45, 7) is 4.52. The van der Waals surface area contributed by atoms with Gasteiger partial charge in [-0.3, -0.25) is 0 Å². The van der Waals surface area contributed by atoms with Crippen molar-refractivity contribution in [2.24, 2.45) is 0 Å². The van der Waals surface area contributed by atoms with Crippen LogP contribution in [0, 0.1) is 0 Å². The Balaban J connectivity index is 0.00000280. The van der Waals surface area contributed by atoms with Crippen LogP contribution < -0.4 is 14.6 Å². The van der Waals surface area contributed by atoms with E-state index in [1.54, 1.807) is 0 Å². The molecule has 0 radical (unpaired) electrons. The number of hydrogen-bond acceptors (Lipinski definition) is 5. The summed E-state index contributed by atoms with van der Waals surface area (Å²) in [4.78, 5) is 7.97. The van der Waals surface area contributed by atoms with E-state index < -0.39 is 8.15 Å². The Labute approximate surface area is 179 Å². The van der Waals surface area contributed by atoms with E-state index in [1.807, 2.05) is 61.9 Å². The van der Waals surface area contributed by atoms with E-state index >= 15 is 0 Å². The third kappa shape index (κ3) is 6.46. The molecule has 0 spiro atoms. The van der Waals surface area contributed by atoms with Crippen molar-refractivity contribution in [3.05, 3.63) is 70.6 Å². The minimum atomic E-state index is -0.634. The van der Waals surface area contributed by atoms with Crippen molar-refractivity contribution in [3.63, 3.8) is 0 Å². The molecule has 0 saturated heterocycles. The fraction of sp³-hybridized carbons (Fsp3) is 0.158. The lowest BCUT2D eigenvalue weighted by molar-refractivity contribution is 0.305. The van der Waals surface area contributed by atoms with Crippen molar-refractivity contribution in [2.45, 2.75) is 6.61 Å². The van der Waals surface area contributed by atoms with Crippen LogP contribution in [0.5, 0.6) is 11.5 Å². The summed E-state index contributed by atoms with van der Waals surface area (Å²) >= 11 is 12.0. The van der Waals surface area contributed by atoms with Gasteiger partial charge in [0.1, 0.15) is 23.1 Å². The number of ether oxygens (including phenoxy) is 1. The number of hydrogen-bond donors (Lipinski definition) is 1. The van der Waals surface area contributed by atoms with E-state index in [2.05, 4.69) is 15.3 Å². The van der Waals surface area contributed by atoms with Crippen molar-refractivity contribution in [1.29, 1.82) is 0 Å². The van der Waals surface area contributed by atoms with Crippen LogP contribution in [-0.2, 0) is 6.61 Å². The molecular formula is C19H21Cl2N3O2P2. The molecule has 1 heterocycles. The fourth-order valence-corrected chi connectivity index (χ4v) is 3.09. The Morgan fingerprint density at radius 2 is 1.82 bits per heavy atom. The summed E-state index contributed by atoms with van der Waals surface area (Å²) in [5.74, 6) is 1.78. The van der Waals surface area contributed by atoms with Crippen molar-refractivity contribution in [2.75, 3.05) is 18.6 Å². The third-order valence-electron chi connectivity index (χ3n) is 3.45. The van der Waals surface area contributed by atoms with Gasteiger partial charge in [0, 0.05) is 6.07 Å². The Morgan fingerprint density at radius 1 is 1.07 bits per heavy atom. The topological polar surface area (TPSA) is 56.3 Å². The number of nitrogens with one attached hydrogen (secondary N) is 1. The van der Waals surface area contributed by atoms with Gasteiger partial charge < -0.3 is 14.6 Å². The highest BCUT2D eigenvalue weighted by Gasteiger charge is 2.12. The first-order chi connectivity index (χ1) is 13.0. The van der Waals surface area contributed by atoms with E-state index in [4.69, 9.17) is 32.5 Å². The predicted octanol–water partition coefficient (Wildman–Crippen LogP) is 6.20. The Hall–Kier alpha value is -1.64. The maximum absolute atomic E-state index is 6.15. The molecule has 1 unspecified atom stereocenters. The van der Waals surface area contributed by atoms with Gasteiger partial charge in [-0.05, 0) is 42.6 Å². The molecule has 1 atom stereocenters. The normalized spacial score (nSPS) is 10.3. The molecule has 0 amide bonds. The lowest BCUT2D eigenvalue weighted by Gasteiger charge is -2.17. The van der Waals surface area contributed by atoms with Crippen molar-refractivity contribution in [1.82, 2.24) is 9.97 Å². The number of rotatable bonds is 7. The van der Waals surface area contributed by atoms with Gasteiger partial charge in [0.05, 0.1) is 20.0 Å². The zero-order valence-electron chi connectivity index (χ0n) is 15.5. The summed E-state index contributed by atoms with van der Waals surface area (Å²) in [5, 5.41) is 3.63. The smallest absolute Gasteiger partial charge is 0.224 e. The molecule has 5 nitrogen and oxygen atoms in total. The van der Waals surface area contributed by atoms with Gasteiger partial charge in [-0.25, -0.2) is 4.98 Å². The van der Waals surface area contributed by atoms with Crippen LogP contribution in [0.15, 0.2) is 54.7 Å². The Morgan fingerprint density at radius 3 is 2.54 bits per heavy atom. The van der Waals surface area contributed by atoms with Crippen LogP contribution in [0.25, 0.3) is 0 Å². The lowest BCUT2D eigenvalue weighted by Crippen LogP contribution is -2.00. The highest BCUT2D eigenvalue weighted by Crippen LogP contribution is 2.39. The Kier molecular flexibility index (Phi) is 8.72. The van der Waals surface area contributed by atoms with Crippen molar-refractivity contribution < 1.29 is 9.26 Å². The third-order valence-corrected chi connectivity index (χ3v) is 4.47. The average Bonchev–Trinajstić information content (AvgIpc) is 2.65. The number of benzene rings is 2. The molecule has 0 aliphatic heterocycles. The zero-order chi connectivity index (χ0) is 19.2. The SMILES string of the molecule is CP(C)Oc1cc(OCc2ccccc2)ccc1Nc1nc(Cl)ncc1Cl.P. The second kappa shape index (κ2) is 10.8. The maximum Gasteiger partial charge on any atom is 0.224 e. The molecule has 3 aromatic rings. The second-order valence-electron chi connectivity index (χ2n) is 5.80. The quantitative estimate of drug-likeness (QED) is 0.339. The molecule has 3 rings (SSSR count). The zero-order valence-corrected chi connectivity index (χ0v) is 19.3. The fourth-order valence-electron chi connectivity index (χ4n) is 2.27. The van der Waals surface area contributed by atoms with Crippen LogP contribution in [0.3, 0.4) is 0 Å². The van der Waals surface area contributed by atoms with Gasteiger partial charge in [0.2, 0.25) is 5.28 Å². The molecule has 0 fully saturated rings. The van der Waals surface area contributed by atoms with Crippen LogP contribution in [0.2, 0.25) is 10.3 Å². The molecule has 1 aromatic heterocycles. The van der Waals surface area contributed by atoms with E-state index in [0.717, 1.165) is 11.3 Å². The largest absolute Gasteiger partial charge is 0.489 e. The standard InChI is InChI=1S/C19H18Cl2N3O2P.H3P/c1-27(2)26-17-10-14(25-12-13-6-4-3-5-7-13)8-9-16(17)23-18-15(20)11-22-19(21)24-18;/h3-11H,12H2,1-2H3,(H,22,23,24);1H3. The molecule has 9 heteroatoms. The molecule has 0 aliphatic carbocycles. The van der Waals surface area contributed by atoms with E-state index in [-0.39, 0.29) is 15.2 Å². The van der Waals surface area contributed by atoms with Gasteiger partial charge in [-0.15, -0.1) is 0 Å². The Bertz CT molecular complexity index is 915. The summed E-state index contributed by atoms with van der Waals surface area (Å²) in [7, 11) is -0.634. The highest BCUT2D eigenvalue weighted by atomic mass is 35.5. The van der Waals surface area contributed by atoms with Crippen molar-refractivity contribution in [3.8, 4) is 11.5 Å². The van der Waals surface area contributed by atoms with E-state index in [0.29, 0.717) is 28.9 Å². The van der Waals surface area contributed by atoms with Crippen LogP contribution >= 0.6 is 41.2 Å². The van der Waals surface area contributed by atoms with Crippen LogP contribution in [-0.4, -0.2) is 23.3 Å². The summed E-state index contributed by atoms with van der Waals surface area (Å²) in [6, 6.07) is 15.6. The number of nitrogens with zero attached hydrogens (tertiary/aromatic N) is 2. The monoisotopic (exact) mass is 455 g/mol. The van der Waals surface area contributed by atoms with Crippen LogP contribution in [0.1, 0.15) is 5.56 Å². The van der Waals surface area contributed by atoms with Crippen LogP contribution in [0.4, 0.5) is 11.5 Å². The van der Waals surface area contributed by atoms with Gasteiger partial charge in [0.25, 0.3) is 0 Å². The first kappa shape index (κ1) is 22.6. The molecule has 2 aromatic carbocycles. The molecule has 0 aliphatic rings. The molecule has 0 saturated carbocycles. The predicted molar refractivity (Wildman–Crippen MR) is 123 cm³/mol. The first-order valence-corrected chi connectivity index (χ1v) is 11.0. The number of anilines is 2. The van der Waals surface area contributed by atoms with Gasteiger partial charge in [-0.1, -0.05) is 41.9 Å². The second-order valence-corrected chi connectivity index (χ2v) is 8.35. The minimum absolute atomic E-state index is 0. The van der Waals surface area contributed by atoms with Gasteiger partial charge in [0.15, 0.2) is 5.82 Å². The minimum Gasteiger partial charge on any atom is -0.489 e. The number of aromatic nitrogens is 2. The molecule has 1 N–H and O–H groups in total.